The molecule has 116 valence electrons. The Morgan fingerprint density at radius 3 is 2.95 bits per heavy atom. The predicted octanol–water partition coefficient (Wildman–Crippen LogP) is 2.68. The van der Waals surface area contributed by atoms with Gasteiger partial charge in [-0.3, -0.25) is 9.69 Å². The minimum atomic E-state index is -0.0984. The largest absolute Gasteiger partial charge is 0.396 e. The summed E-state index contributed by atoms with van der Waals surface area (Å²) in [4.78, 5) is 14.3. The maximum atomic E-state index is 12.2. The first-order valence-corrected chi connectivity index (χ1v) is 7.69. The second-order valence-electron chi connectivity index (χ2n) is 6.26. The average molecular weight is 311 g/mol. The molecule has 1 atom stereocenters. The fourth-order valence-corrected chi connectivity index (χ4v) is 3.13. The van der Waals surface area contributed by atoms with Crippen molar-refractivity contribution in [1.29, 1.82) is 0 Å². The quantitative estimate of drug-likeness (QED) is 0.899. The number of aliphatic hydroxyl groups is 1. The van der Waals surface area contributed by atoms with E-state index in [0.717, 1.165) is 31.5 Å². The van der Waals surface area contributed by atoms with Gasteiger partial charge in [0, 0.05) is 18.6 Å². The van der Waals surface area contributed by atoms with Gasteiger partial charge in [0.1, 0.15) is 0 Å². The molecular formula is C16H23ClN2O2. The van der Waals surface area contributed by atoms with Crippen molar-refractivity contribution in [3.63, 3.8) is 0 Å². The Morgan fingerprint density at radius 2 is 2.29 bits per heavy atom. The number of amides is 1. The first-order chi connectivity index (χ1) is 9.93. The number of nitrogens with zero attached hydrogens (tertiary/aromatic N) is 1. The first-order valence-electron chi connectivity index (χ1n) is 7.32. The number of nitrogens with one attached hydrogen (secondary N) is 1. The zero-order valence-corrected chi connectivity index (χ0v) is 13.4. The molecule has 1 aliphatic heterocycles. The molecule has 1 aliphatic rings. The third-order valence-corrected chi connectivity index (χ3v) is 4.41. The van der Waals surface area contributed by atoms with Crippen LogP contribution in [0.25, 0.3) is 0 Å². The molecule has 2 N–H and O–H groups in total. The number of hydrogen-bond donors (Lipinski definition) is 2. The number of rotatable bonds is 4. The summed E-state index contributed by atoms with van der Waals surface area (Å²) < 4.78 is 0. The van der Waals surface area contributed by atoms with Crippen LogP contribution >= 0.6 is 11.6 Å². The Kier molecular flexibility index (Phi) is 5.25. The maximum absolute atomic E-state index is 12.2. The van der Waals surface area contributed by atoms with Gasteiger partial charge < -0.3 is 10.4 Å². The van der Waals surface area contributed by atoms with Crippen molar-refractivity contribution in [3.8, 4) is 0 Å². The smallest absolute Gasteiger partial charge is 0.238 e. The van der Waals surface area contributed by atoms with Crippen LogP contribution in [-0.2, 0) is 4.79 Å². The Balaban J connectivity index is 1.96. The molecule has 0 aromatic heterocycles. The molecular weight excluding hydrogens is 288 g/mol. The SMILES string of the molecule is Cc1cccc(Cl)c1NC(=O)CN1CCCC(C)(CO)C1. The molecule has 0 spiro atoms. The number of aliphatic hydroxyl groups excluding tert-OH is 1. The molecule has 1 unspecified atom stereocenters. The van der Waals surface area contributed by atoms with Crippen molar-refractivity contribution in [3.05, 3.63) is 28.8 Å². The van der Waals surface area contributed by atoms with E-state index in [-0.39, 0.29) is 17.9 Å². The van der Waals surface area contributed by atoms with Crippen LogP contribution in [-0.4, -0.2) is 42.2 Å². The van der Waals surface area contributed by atoms with Crippen molar-refractivity contribution >= 4 is 23.2 Å². The summed E-state index contributed by atoms with van der Waals surface area (Å²) in [7, 11) is 0. The topological polar surface area (TPSA) is 52.6 Å². The molecule has 0 aliphatic carbocycles. The Bertz CT molecular complexity index is 501. The number of halogens is 1. The molecule has 2 rings (SSSR count). The lowest BCUT2D eigenvalue weighted by Crippen LogP contribution is -2.46. The monoisotopic (exact) mass is 310 g/mol. The summed E-state index contributed by atoms with van der Waals surface area (Å²) in [5, 5.41) is 12.9. The van der Waals surface area contributed by atoms with Crippen LogP contribution in [0.15, 0.2) is 18.2 Å². The van der Waals surface area contributed by atoms with E-state index >= 15 is 0 Å². The number of piperidine rings is 1. The van der Waals surface area contributed by atoms with E-state index in [2.05, 4.69) is 17.1 Å². The summed E-state index contributed by atoms with van der Waals surface area (Å²) >= 11 is 6.12. The molecule has 0 bridgehead atoms. The van der Waals surface area contributed by atoms with Gasteiger partial charge in [-0.2, -0.15) is 0 Å². The number of para-hydroxylation sites is 1. The number of benzene rings is 1. The number of carbonyl (C=O) groups excluding carboxylic acids is 1. The van der Waals surface area contributed by atoms with Gasteiger partial charge in [-0.25, -0.2) is 0 Å². The van der Waals surface area contributed by atoms with Crippen LogP contribution in [0.5, 0.6) is 0 Å². The van der Waals surface area contributed by atoms with E-state index in [1.54, 1.807) is 6.07 Å². The molecule has 1 heterocycles. The average Bonchev–Trinajstić information content (AvgIpc) is 2.43. The van der Waals surface area contributed by atoms with Gasteiger partial charge in [0.25, 0.3) is 0 Å². The minimum absolute atomic E-state index is 0.0617. The highest BCUT2D eigenvalue weighted by Crippen LogP contribution is 2.29. The van der Waals surface area contributed by atoms with Crippen LogP contribution < -0.4 is 5.32 Å². The molecule has 1 aromatic carbocycles. The Morgan fingerprint density at radius 1 is 1.52 bits per heavy atom. The van der Waals surface area contributed by atoms with Gasteiger partial charge in [0.15, 0.2) is 0 Å². The predicted molar refractivity (Wildman–Crippen MR) is 85.7 cm³/mol. The van der Waals surface area contributed by atoms with Crippen molar-refractivity contribution in [2.24, 2.45) is 5.41 Å². The van der Waals surface area contributed by atoms with Gasteiger partial charge in [-0.15, -0.1) is 0 Å². The Labute approximate surface area is 131 Å². The summed E-state index contributed by atoms with van der Waals surface area (Å²) in [5.41, 5.74) is 1.54. The van der Waals surface area contributed by atoms with Crippen molar-refractivity contribution in [1.82, 2.24) is 4.90 Å². The second kappa shape index (κ2) is 6.77. The zero-order chi connectivity index (χ0) is 15.5. The lowest BCUT2D eigenvalue weighted by Gasteiger charge is -2.38. The number of likely N-dealkylation sites (tertiary alicyclic amines) is 1. The van der Waals surface area contributed by atoms with Crippen LogP contribution in [0, 0.1) is 12.3 Å². The van der Waals surface area contributed by atoms with E-state index in [1.807, 2.05) is 19.1 Å². The van der Waals surface area contributed by atoms with Gasteiger partial charge >= 0.3 is 0 Å². The van der Waals surface area contributed by atoms with E-state index in [9.17, 15) is 9.90 Å². The van der Waals surface area contributed by atoms with Crippen molar-refractivity contribution in [2.45, 2.75) is 26.7 Å². The van der Waals surface area contributed by atoms with Gasteiger partial charge in [0.2, 0.25) is 5.91 Å². The lowest BCUT2D eigenvalue weighted by atomic mass is 9.83. The number of carbonyl (C=O) groups is 1. The van der Waals surface area contributed by atoms with Crippen molar-refractivity contribution in [2.75, 3.05) is 31.6 Å². The highest BCUT2D eigenvalue weighted by Gasteiger charge is 2.31. The molecule has 0 radical (unpaired) electrons. The molecule has 1 saturated heterocycles. The van der Waals surface area contributed by atoms with Crippen molar-refractivity contribution < 1.29 is 9.90 Å². The summed E-state index contributed by atoms with van der Waals surface area (Å²) in [5.74, 6) is -0.0617. The van der Waals surface area contributed by atoms with E-state index in [0.29, 0.717) is 17.3 Å². The Hall–Kier alpha value is -1.10. The highest BCUT2D eigenvalue weighted by molar-refractivity contribution is 6.33. The summed E-state index contributed by atoms with van der Waals surface area (Å²) in [6, 6.07) is 5.56. The second-order valence-corrected chi connectivity index (χ2v) is 6.67. The molecule has 0 saturated carbocycles. The lowest BCUT2D eigenvalue weighted by molar-refractivity contribution is -0.118. The summed E-state index contributed by atoms with van der Waals surface area (Å²) in [6.45, 7) is 6.12. The van der Waals surface area contributed by atoms with E-state index in [1.165, 1.54) is 0 Å². The van der Waals surface area contributed by atoms with Crippen LogP contribution in [0.3, 0.4) is 0 Å². The van der Waals surface area contributed by atoms with Gasteiger partial charge in [0.05, 0.1) is 17.3 Å². The molecule has 1 aromatic rings. The van der Waals surface area contributed by atoms with Crippen LogP contribution in [0.2, 0.25) is 5.02 Å². The fraction of sp³-hybridized carbons (Fsp3) is 0.562. The summed E-state index contributed by atoms with van der Waals surface area (Å²) in [6.07, 6.45) is 2.01. The van der Waals surface area contributed by atoms with E-state index < -0.39 is 0 Å². The zero-order valence-electron chi connectivity index (χ0n) is 12.7. The number of hydrogen-bond acceptors (Lipinski definition) is 3. The maximum Gasteiger partial charge on any atom is 0.238 e. The normalized spacial score (nSPS) is 23.0. The third-order valence-electron chi connectivity index (χ3n) is 4.10. The van der Waals surface area contributed by atoms with Gasteiger partial charge in [-0.05, 0) is 37.9 Å². The van der Waals surface area contributed by atoms with Crippen LogP contribution in [0.1, 0.15) is 25.3 Å². The van der Waals surface area contributed by atoms with E-state index in [4.69, 9.17) is 11.6 Å². The number of aryl methyl sites for hydroxylation is 1. The molecule has 1 amide bonds. The standard InChI is InChI=1S/C16H23ClN2O2/c1-12-5-3-6-13(17)15(12)18-14(21)9-19-8-4-7-16(2,10-19)11-20/h3,5-6,20H,4,7-11H2,1-2H3,(H,18,21). The first kappa shape index (κ1) is 16.3. The van der Waals surface area contributed by atoms with Crippen LogP contribution in [0.4, 0.5) is 5.69 Å². The number of anilines is 1. The minimum Gasteiger partial charge on any atom is -0.396 e. The molecule has 1 fully saturated rings. The molecule has 21 heavy (non-hydrogen) atoms. The fourth-order valence-electron chi connectivity index (χ4n) is 2.86. The highest BCUT2D eigenvalue weighted by atomic mass is 35.5. The molecule has 5 heteroatoms. The third kappa shape index (κ3) is 4.19. The molecule has 4 nitrogen and oxygen atoms in total. The van der Waals surface area contributed by atoms with Gasteiger partial charge in [-0.1, -0.05) is 30.7 Å².